The quantitative estimate of drug-likeness (QED) is 0.520. The number of aliphatic hydroxyl groups excluding tert-OH is 1. The molecule has 0 radical (unpaired) electrons. The number of sulfonamides is 1. The maximum absolute atomic E-state index is 13.6. The Morgan fingerprint density at radius 1 is 1.11 bits per heavy atom. The van der Waals surface area contributed by atoms with E-state index in [9.17, 15) is 13.5 Å². The van der Waals surface area contributed by atoms with E-state index in [0.717, 1.165) is 16.7 Å². The number of benzene rings is 1. The van der Waals surface area contributed by atoms with Gasteiger partial charge in [-0.2, -0.15) is 4.31 Å². The number of rotatable bonds is 7. The average molecular weight is 499 g/mol. The Morgan fingerprint density at radius 2 is 1.77 bits per heavy atom. The molecule has 0 saturated carbocycles. The molecule has 186 valence electrons. The van der Waals surface area contributed by atoms with E-state index in [1.54, 1.807) is 49.9 Å². The van der Waals surface area contributed by atoms with Gasteiger partial charge in [0, 0.05) is 67.5 Å². The Labute approximate surface area is 205 Å². The maximum atomic E-state index is 13.6. The van der Waals surface area contributed by atoms with Crippen molar-refractivity contribution < 1.29 is 18.3 Å². The molecule has 35 heavy (non-hydrogen) atoms. The van der Waals surface area contributed by atoms with E-state index in [0.29, 0.717) is 13.1 Å². The second-order valence-corrected chi connectivity index (χ2v) is 10.8. The van der Waals surface area contributed by atoms with Crippen LogP contribution in [-0.4, -0.2) is 81.6 Å². The third-order valence-electron chi connectivity index (χ3n) is 6.12. The van der Waals surface area contributed by atoms with Gasteiger partial charge in [0.1, 0.15) is 29.4 Å². The molecule has 0 amide bonds. The average Bonchev–Trinajstić information content (AvgIpc) is 2.86. The maximum Gasteiger partial charge on any atom is 0.247 e. The summed E-state index contributed by atoms with van der Waals surface area (Å²) in [7, 11) is -1.92. The van der Waals surface area contributed by atoms with Gasteiger partial charge in [-0.1, -0.05) is 13.0 Å². The summed E-state index contributed by atoms with van der Waals surface area (Å²) < 4.78 is 35.1. The van der Waals surface area contributed by atoms with Crippen LogP contribution in [0, 0.1) is 5.92 Å². The normalized spacial score (nSPS) is 20.9. The molecular weight excluding hydrogens is 468 g/mol. The highest BCUT2D eigenvalue weighted by molar-refractivity contribution is 7.89. The molecule has 1 aliphatic heterocycles. The van der Waals surface area contributed by atoms with E-state index in [1.165, 1.54) is 17.0 Å². The molecule has 3 atom stereocenters. The Morgan fingerprint density at radius 3 is 2.43 bits per heavy atom. The molecule has 11 heteroatoms. The minimum atomic E-state index is -3.90. The zero-order valence-electron chi connectivity index (χ0n) is 20.0. The van der Waals surface area contributed by atoms with Crippen LogP contribution in [0.4, 0.5) is 0 Å². The van der Waals surface area contributed by atoms with Crippen molar-refractivity contribution in [3.05, 3.63) is 61.2 Å². The summed E-state index contributed by atoms with van der Waals surface area (Å²) in [6.07, 6.45) is 9.50. The van der Waals surface area contributed by atoms with Crippen LogP contribution in [0.25, 0.3) is 11.1 Å². The fraction of sp³-hybridized carbons (Fsp3) is 0.417. The molecule has 4 rings (SSSR count). The summed E-state index contributed by atoms with van der Waals surface area (Å²) in [6.45, 7) is 4.80. The van der Waals surface area contributed by atoms with Crippen molar-refractivity contribution in [2.45, 2.75) is 37.4 Å². The first-order chi connectivity index (χ1) is 16.8. The zero-order chi connectivity index (χ0) is 25.0. The van der Waals surface area contributed by atoms with Crippen LogP contribution < -0.4 is 4.74 Å². The van der Waals surface area contributed by atoms with E-state index in [2.05, 4.69) is 24.8 Å². The lowest BCUT2D eigenvalue weighted by atomic mass is 10.0. The molecule has 0 spiro atoms. The summed E-state index contributed by atoms with van der Waals surface area (Å²) in [6, 6.07) is 4.43. The molecule has 10 nitrogen and oxygen atoms in total. The highest BCUT2D eigenvalue weighted by atomic mass is 32.2. The molecule has 0 unspecified atom stereocenters. The van der Waals surface area contributed by atoms with Crippen LogP contribution in [0.3, 0.4) is 0 Å². The molecule has 0 saturated heterocycles. The van der Waals surface area contributed by atoms with Crippen LogP contribution >= 0.6 is 0 Å². The summed E-state index contributed by atoms with van der Waals surface area (Å²) in [5.74, 6) is 0.125. The highest BCUT2D eigenvalue weighted by Gasteiger charge is 2.38. The van der Waals surface area contributed by atoms with E-state index in [1.807, 2.05) is 14.0 Å². The van der Waals surface area contributed by atoms with Crippen LogP contribution in [0.1, 0.15) is 19.4 Å². The molecule has 3 heterocycles. The van der Waals surface area contributed by atoms with Gasteiger partial charge in [0.05, 0.1) is 6.61 Å². The van der Waals surface area contributed by atoms with Crippen LogP contribution in [-0.2, 0) is 16.6 Å². The third-order valence-corrected chi connectivity index (χ3v) is 8.14. The molecule has 1 N–H and O–H groups in total. The molecule has 1 aliphatic rings. The molecule has 3 aromatic rings. The number of likely N-dealkylation sites (N-methyl/N-ethyl adjacent to an activating group) is 1. The summed E-state index contributed by atoms with van der Waals surface area (Å²) >= 11 is 0. The number of aliphatic hydroxyl groups is 1. The standard InChI is InChI=1S/C24H30N6O4S/c1-17-11-30(18(2)14-31)35(32,33)24-5-4-20(21-9-27-16-28-10-21)6-22(24)34-23(17)13-29(3)12-19-7-25-15-26-8-19/h4-10,15-18,23,31H,11-14H2,1-3H3/t17-,18-,23+/m0/s1. The van der Waals surface area contributed by atoms with Crippen molar-refractivity contribution in [2.75, 3.05) is 26.7 Å². The Balaban J connectivity index is 1.72. The van der Waals surface area contributed by atoms with Crippen molar-refractivity contribution >= 4 is 10.0 Å². The van der Waals surface area contributed by atoms with Gasteiger partial charge < -0.3 is 9.84 Å². The summed E-state index contributed by atoms with van der Waals surface area (Å²) in [5, 5.41) is 9.81. The van der Waals surface area contributed by atoms with Gasteiger partial charge in [-0.25, -0.2) is 28.4 Å². The van der Waals surface area contributed by atoms with Gasteiger partial charge in [0.25, 0.3) is 0 Å². The highest BCUT2D eigenvalue weighted by Crippen LogP contribution is 2.36. The van der Waals surface area contributed by atoms with Gasteiger partial charge in [-0.3, -0.25) is 4.90 Å². The molecule has 2 aromatic heterocycles. The number of hydrogen-bond donors (Lipinski definition) is 1. The fourth-order valence-corrected chi connectivity index (χ4v) is 5.99. The van der Waals surface area contributed by atoms with Gasteiger partial charge >= 0.3 is 0 Å². The Hall–Kier alpha value is -2.99. The van der Waals surface area contributed by atoms with Crippen molar-refractivity contribution in [3.8, 4) is 16.9 Å². The van der Waals surface area contributed by atoms with Crippen molar-refractivity contribution in [2.24, 2.45) is 5.92 Å². The van der Waals surface area contributed by atoms with Gasteiger partial charge in [-0.15, -0.1) is 0 Å². The number of ether oxygens (including phenoxy) is 1. The second-order valence-electron chi connectivity index (χ2n) is 8.97. The minimum Gasteiger partial charge on any atom is -0.487 e. The topological polar surface area (TPSA) is 122 Å². The monoisotopic (exact) mass is 498 g/mol. The summed E-state index contributed by atoms with van der Waals surface area (Å²) in [5.41, 5.74) is 2.48. The smallest absolute Gasteiger partial charge is 0.247 e. The zero-order valence-corrected chi connectivity index (χ0v) is 20.8. The lowest BCUT2D eigenvalue weighted by Gasteiger charge is -2.37. The lowest BCUT2D eigenvalue weighted by Crippen LogP contribution is -2.49. The Kier molecular flexibility index (Phi) is 7.70. The van der Waals surface area contributed by atoms with E-state index in [-0.39, 0.29) is 35.8 Å². The number of nitrogens with zero attached hydrogens (tertiary/aromatic N) is 6. The molecule has 0 bridgehead atoms. The van der Waals surface area contributed by atoms with E-state index >= 15 is 0 Å². The Bertz CT molecular complexity index is 1230. The SMILES string of the molecule is C[C@H]1CN([C@@H](C)CO)S(=O)(=O)c2ccc(-c3cncnc3)cc2O[C@@H]1CN(C)Cc1cncnc1. The number of fused-ring (bicyclic) bond motifs is 1. The molecule has 1 aromatic carbocycles. The number of hydrogen-bond acceptors (Lipinski definition) is 9. The summed E-state index contributed by atoms with van der Waals surface area (Å²) in [4.78, 5) is 18.5. The lowest BCUT2D eigenvalue weighted by molar-refractivity contribution is 0.0733. The second kappa shape index (κ2) is 10.7. The first-order valence-electron chi connectivity index (χ1n) is 11.4. The first kappa shape index (κ1) is 25.1. The van der Waals surface area contributed by atoms with Crippen molar-refractivity contribution in [3.63, 3.8) is 0 Å². The van der Waals surface area contributed by atoms with Crippen LogP contribution in [0.2, 0.25) is 0 Å². The molecule has 0 fully saturated rings. The largest absolute Gasteiger partial charge is 0.487 e. The van der Waals surface area contributed by atoms with Gasteiger partial charge in [0.2, 0.25) is 10.0 Å². The minimum absolute atomic E-state index is 0.0782. The van der Waals surface area contributed by atoms with Crippen molar-refractivity contribution in [1.29, 1.82) is 0 Å². The third kappa shape index (κ3) is 5.64. The van der Waals surface area contributed by atoms with Crippen LogP contribution in [0.15, 0.2) is 60.5 Å². The van der Waals surface area contributed by atoms with E-state index < -0.39 is 16.1 Å². The van der Waals surface area contributed by atoms with Gasteiger partial charge in [0.15, 0.2) is 0 Å². The molecular formula is C24H30N6O4S. The van der Waals surface area contributed by atoms with Gasteiger partial charge in [-0.05, 0) is 31.7 Å². The predicted octanol–water partition coefficient (Wildman–Crippen LogP) is 1.83. The first-order valence-corrected chi connectivity index (χ1v) is 12.8. The van der Waals surface area contributed by atoms with Crippen molar-refractivity contribution in [1.82, 2.24) is 29.1 Å². The molecule has 0 aliphatic carbocycles. The van der Waals surface area contributed by atoms with Crippen LogP contribution in [0.5, 0.6) is 5.75 Å². The fourth-order valence-electron chi connectivity index (χ4n) is 4.17. The predicted molar refractivity (Wildman–Crippen MR) is 130 cm³/mol. The number of aromatic nitrogens is 4. The van der Waals surface area contributed by atoms with E-state index in [4.69, 9.17) is 4.74 Å².